The zero-order valence-electron chi connectivity index (χ0n) is 14.3. The van der Waals surface area contributed by atoms with Gasteiger partial charge in [0.25, 0.3) is 0 Å². The van der Waals surface area contributed by atoms with Crippen molar-refractivity contribution >= 4 is 22.5 Å². The molecule has 4 nitrogen and oxygen atoms in total. The Hall–Kier alpha value is -3.40. The van der Waals surface area contributed by atoms with Crippen LogP contribution in [0.2, 0.25) is 0 Å². The molecule has 0 bridgehead atoms. The van der Waals surface area contributed by atoms with E-state index in [4.69, 9.17) is 0 Å². The van der Waals surface area contributed by atoms with Gasteiger partial charge in [0.15, 0.2) is 5.82 Å². The van der Waals surface area contributed by atoms with Gasteiger partial charge in [-0.15, -0.1) is 0 Å². The summed E-state index contributed by atoms with van der Waals surface area (Å²) in [6.45, 7) is 0.663. The fraction of sp³-hybridized carbons (Fsp3) is 0.0909. The van der Waals surface area contributed by atoms with Crippen LogP contribution in [0.4, 0.5) is 5.82 Å². The Kier molecular flexibility index (Phi) is 4.48. The molecule has 26 heavy (non-hydrogen) atoms. The molecule has 1 heterocycles. The van der Waals surface area contributed by atoms with Crippen LogP contribution in [0.25, 0.3) is 10.8 Å². The number of fused-ring (bicyclic) bond motifs is 1. The number of carbonyl (C=O) groups is 1. The van der Waals surface area contributed by atoms with Gasteiger partial charge < -0.3 is 5.32 Å². The first kappa shape index (κ1) is 16.1. The third-order valence-electron chi connectivity index (χ3n) is 4.33. The van der Waals surface area contributed by atoms with Gasteiger partial charge in [-0.1, -0.05) is 72.8 Å². The van der Waals surface area contributed by atoms with Crippen molar-refractivity contribution < 1.29 is 4.79 Å². The van der Waals surface area contributed by atoms with E-state index in [0.717, 1.165) is 5.56 Å². The Labute approximate surface area is 152 Å². The summed E-state index contributed by atoms with van der Waals surface area (Å²) in [4.78, 5) is 12.2. The quantitative estimate of drug-likeness (QED) is 0.589. The first-order chi connectivity index (χ1) is 12.8. The summed E-state index contributed by atoms with van der Waals surface area (Å²) in [7, 11) is 0. The van der Waals surface area contributed by atoms with Gasteiger partial charge in [0.1, 0.15) is 0 Å². The molecule has 0 aliphatic carbocycles. The molecule has 0 atom stereocenters. The molecule has 0 radical (unpaired) electrons. The van der Waals surface area contributed by atoms with E-state index in [9.17, 15) is 4.79 Å². The van der Waals surface area contributed by atoms with Crippen LogP contribution in [0.1, 0.15) is 11.1 Å². The van der Waals surface area contributed by atoms with E-state index >= 15 is 0 Å². The topological polar surface area (TPSA) is 46.9 Å². The second-order valence-electron chi connectivity index (χ2n) is 6.25. The van der Waals surface area contributed by atoms with Gasteiger partial charge in [-0.05, 0) is 21.9 Å². The lowest BCUT2D eigenvalue weighted by Crippen LogP contribution is -2.15. The van der Waals surface area contributed by atoms with Crippen LogP contribution in [0, 0.1) is 0 Å². The highest BCUT2D eigenvalue weighted by molar-refractivity contribution is 5.91. The van der Waals surface area contributed by atoms with Crippen LogP contribution in [0.3, 0.4) is 0 Å². The maximum Gasteiger partial charge on any atom is 0.229 e. The smallest absolute Gasteiger partial charge is 0.229 e. The second kappa shape index (κ2) is 7.23. The maximum atomic E-state index is 12.2. The lowest BCUT2D eigenvalue weighted by atomic mass is 10.0. The van der Waals surface area contributed by atoms with Crippen LogP contribution in [0.5, 0.6) is 0 Å². The van der Waals surface area contributed by atoms with Gasteiger partial charge >= 0.3 is 0 Å². The molecule has 0 aliphatic rings. The Morgan fingerprint density at radius 2 is 1.65 bits per heavy atom. The molecule has 1 aromatic heterocycles. The fourth-order valence-electron chi connectivity index (χ4n) is 3.09. The summed E-state index contributed by atoms with van der Waals surface area (Å²) in [6.07, 6.45) is 2.23. The van der Waals surface area contributed by atoms with Crippen molar-refractivity contribution in [2.24, 2.45) is 0 Å². The summed E-state index contributed by atoms with van der Waals surface area (Å²) in [5, 5.41) is 9.78. The number of amides is 1. The van der Waals surface area contributed by atoms with Crippen LogP contribution in [-0.4, -0.2) is 15.7 Å². The number of anilines is 1. The van der Waals surface area contributed by atoms with Crippen LogP contribution in [-0.2, 0) is 17.8 Å². The van der Waals surface area contributed by atoms with Crippen molar-refractivity contribution in [1.82, 2.24) is 9.78 Å². The van der Waals surface area contributed by atoms with Crippen molar-refractivity contribution in [3.63, 3.8) is 0 Å². The third kappa shape index (κ3) is 3.64. The van der Waals surface area contributed by atoms with Crippen molar-refractivity contribution in [2.45, 2.75) is 13.0 Å². The Morgan fingerprint density at radius 3 is 2.54 bits per heavy atom. The third-order valence-corrected chi connectivity index (χ3v) is 4.33. The molecule has 0 saturated carbocycles. The maximum absolute atomic E-state index is 12.2. The second-order valence-corrected chi connectivity index (χ2v) is 6.25. The fourth-order valence-corrected chi connectivity index (χ4v) is 3.09. The highest BCUT2D eigenvalue weighted by Crippen LogP contribution is 2.19. The van der Waals surface area contributed by atoms with E-state index < -0.39 is 0 Å². The minimum Gasteiger partial charge on any atom is -0.309 e. The van der Waals surface area contributed by atoms with Crippen molar-refractivity contribution in [1.29, 1.82) is 0 Å². The summed E-state index contributed by atoms with van der Waals surface area (Å²) in [6, 6.07) is 26.1. The van der Waals surface area contributed by atoms with E-state index in [1.807, 2.05) is 59.4 Å². The molecule has 0 saturated heterocycles. The van der Waals surface area contributed by atoms with Crippen LogP contribution >= 0.6 is 0 Å². The minimum atomic E-state index is -0.0633. The minimum absolute atomic E-state index is 0.0633. The first-order valence-electron chi connectivity index (χ1n) is 8.62. The average molecular weight is 341 g/mol. The molecule has 128 valence electrons. The molecule has 0 spiro atoms. The Bertz CT molecular complexity index is 1030. The van der Waals surface area contributed by atoms with Crippen molar-refractivity contribution in [3.05, 3.63) is 96.2 Å². The molecule has 0 fully saturated rings. The summed E-state index contributed by atoms with van der Waals surface area (Å²) in [5.41, 5.74) is 2.19. The van der Waals surface area contributed by atoms with E-state index in [-0.39, 0.29) is 5.91 Å². The predicted octanol–water partition coefficient (Wildman–Crippen LogP) is 4.27. The van der Waals surface area contributed by atoms with Gasteiger partial charge in [-0.3, -0.25) is 9.48 Å². The molecule has 1 N–H and O–H groups in total. The Morgan fingerprint density at radius 1 is 0.885 bits per heavy atom. The summed E-state index contributed by atoms with van der Waals surface area (Å²) < 4.78 is 1.85. The molecular weight excluding hydrogens is 322 g/mol. The highest BCUT2D eigenvalue weighted by atomic mass is 16.1. The van der Waals surface area contributed by atoms with Gasteiger partial charge in [-0.2, -0.15) is 5.10 Å². The number of rotatable bonds is 5. The van der Waals surface area contributed by atoms with Gasteiger partial charge in [0.05, 0.1) is 13.0 Å². The van der Waals surface area contributed by atoms with Crippen molar-refractivity contribution in [2.75, 3.05) is 5.32 Å². The molecule has 4 heteroatoms. The van der Waals surface area contributed by atoms with Crippen LogP contribution in [0.15, 0.2) is 85.1 Å². The van der Waals surface area contributed by atoms with E-state index in [1.54, 1.807) is 0 Å². The average Bonchev–Trinajstić information content (AvgIpc) is 3.09. The highest BCUT2D eigenvalue weighted by Gasteiger charge is 2.07. The number of hydrogen-bond acceptors (Lipinski definition) is 2. The van der Waals surface area contributed by atoms with E-state index in [2.05, 4.69) is 40.7 Å². The summed E-state index contributed by atoms with van der Waals surface area (Å²) in [5.74, 6) is 0.512. The predicted molar refractivity (Wildman–Crippen MR) is 104 cm³/mol. The van der Waals surface area contributed by atoms with Crippen molar-refractivity contribution in [3.8, 4) is 0 Å². The van der Waals surface area contributed by atoms with Gasteiger partial charge in [-0.25, -0.2) is 0 Å². The molecule has 0 aliphatic heterocycles. The number of nitrogens with one attached hydrogen (secondary N) is 1. The lowest BCUT2D eigenvalue weighted by molar-refractivity contribution is -0.115. The van der Waals surface area contributed by atoms with E-state index in [0.29, 0.717) is 18.8 Å². The zero-order valence-corrected chi connectivity index (χ0v) is 14.3. The molecule has 1 amide bonds. The largest absolute Gasteiger partial charge is 0.309 e. The number of nitrogens with zero attached hydrogens (tertiary/aromatic N) is 2. The monoisotopic (exact) mass is 341 g/mol. The SMILES string of the molecule is O=C(Cc1ccccc1)Nc1ccn(Cc2cccc3ccccc23)n1. The number of benzene rings is 3. The molecular formula is C22H19N3O. The molecule has 0 unspecified atom stereocenters. The van der Waals surface area contributed by atoms with E-state index in [1.165, 1.54) is 16.3 Å². The van der Waals surface area contributed by atoms with Crippen LogP contribution < -0.4 is 5.32 Å². The van der Waals surface area contributed by atoms with Gasteiger partial charge in [0, 0.05) is 12.3 Å². The first-order valence-corrected chi connectivity index (χ1v) is 8.62. The normalized spacial score (nSPS) is 10.8. The Balaban J connectivity index is 1.45. The summed E-state index contributed by atoms with van der Waals surface area (Å²) >= 11 is 0. The number of carbonyl (C=O) groups excluding carboxylic acids is 1. The van der Waals surface area contributed by atoms with Gasteiger partial charge in [0.2, 0.25) is 5.91 Å². The number of aromatic nitrogens is 2. The zero-order chi connectivity index (χ0) is 17.8. The molecule has 4 aromatic rings. The number of hydrogen-bond donors (Lipinski definition) is 1. The molecule has 4 rings (SSSR count). The standard InChI is InChI=1S/C22H19N3O/c26-22(15-17-7-2-1-3-8-17)23-21-13-14-25(24-21)16-19-11-6-10-18-9-4-5-12-20(18)19/h1-14H,15-16H2,(H,23,24,26). The lowest BCUT2D eigenvalue weighted by Gasteiger charge is -2.07. The molecule has 3 aromatic carbocycles.